The largest absolute Gasteiger partial charge is 0.443 e. The van der Waals surface area contributed by atoms with Crippen molar-refractivity contribution in [2.75, 3.05) is 0 Å². The summed E-state index contributed by atoms with van der Waals surface area (Å²) < 4.78 is 5.33. The summed E-state index contributed by atoms with van der Waals surface area (Å²) in [6.07, 6.45) is 1.49. The first-order valence-corrected chi connectivity index (χ1v) is 6.49. The van der Waals surface area contributed by atoms with Crippen LogP contribution in [-0.4, -0.2) is 4.98 Å². The molecular formula is C14H10BrNO. The number of fused-ring (bicyclic) bond motifs is 1. The van der Waals surface area contributed by atoms with Crippen molar-refractivity contribution in [1.29, 1.82) is 0 Å². The Morgan fingerprint density at radius 2 is 1.82 bits per heavy atom. The third kappa shape index (κ3) is 1.76. The smallest absolute Gasteiger partial charge is 0.182 e. The van der Waals surface area contributed by atoms with Crippen LogP contribution in [0.15, 0.2) is 53.3 Å². The van der Waals surface area contributed by atoms with E-state index < -0.39 is 0 Å². The lowest BCUT2D eigenvalue weighted by molar-refractivity contribution is 0.602. The summed E-state index contributed by atoms with van der Waals surface area (Å²) in [6.45, 7) is 0. The van der Waals surface area contributed by atoms with E-state index in [1.54, 1.807) is 0 Å². The van der Waals surface area contributed by atoms with Gasteiger partial charge in [-0.25, -0.2) is 4.98 Å². The maximum atomic E-state index is 5.33. The monoisotopic (exact) mass is 287 g/mol. The van der Waals surface area contributed by atoms with Crippen LogP contribution in [0.2, 0.25) is 0 Å². The van der Waals surface area contributed by atoms with Crippen molar-refractivity contribution >= 4 is 27.0 Å². The summed E-state index contributed by atoms with van der Waals surface area (Å²) in [7, 11) is 0. The number of hydrogen-bond acceptors (Lipinski definition) is 2. The lowest BCUT2D eigenvalue weighted by Gasteiger charge is -2.07. The number of oxazole rings is 1. The zero-order chi connectivity index (χ0) is 11.7. The molecule has 0 aliphatic rings. The summed E-state index contributed by atoms with van der Waals surface area (Å²) in [4.78, 5) is 4.29. The third-order valence-corrected chi connectivity index (χ3v) is 3.42. The number of halogens is 1. The van der Waals surface area contributed by atoms with E-state index >= 15 is 0 Å². The van der Waals surface area contributed by atoms with Crippen molar-refractivity contribution in [3.05, 3.63) is 54.4 Å². The quantitative estimate of drug-likeness (QED) is 0.654. The molecule has 0 aliphatic heterocycles. The third-order valence-electron chi connectivity index (χ3n) is 2.81. The molecule has 3 aromatic rings. The van der Waals surface area contributed by atoms with Gasteiger partial charge in [-0.3, -0.25) is 0 Å². The van der Waals surface area contributed by atoms with Crippen LogP contribution >= 0.6 is 15.9 Å². The standard InChI is InChI=1S/C14H10BrNO/c15-8-10-4-1-2-5-11(10)12-6-3-7-13-14(12)16-9-17-13/h1-7,9H,8H2. The Balaban J connectivity index is 2.30. The Kier molecular flexibility index (Phi) is 2.69. The SMILES string of the molecule is BrCc1ccccc1-c1cccc2ocnc12. The topological polar surface area (TPSA) is 26.0 Å². The molecule has 0 unspecified atom stereocenters. The molecule has 0 amide bonds. The molecule has 0 aliphatic carbocycles. The van der Waals surface area contributed by atoms with Crippen LogP contribution in [0, 0.1) is 0 Å². The van der Waals surface area contributed by atoms with Crippen LogP contribution in [-0.2, 0) is 5.33 Å². The molecule has 0 fully saturated rings. The van der Waals surface area contributed by atoms with Gasteiger partial charge in [-0.15, -0.1) is 0 Å². The molecule has 3 rings (SSSR count). The van der Waals surface area contributed by atoms with E-state index in [2.05, 4.69) is 39.1 Å². The molecule has 2 aromatic carbocycles. The summed E-state index contributed by atoms with van der Waals surface area (Å²) in [5, 5.41) is 0.831. The van der Waals surface area contributed by atoms with Gasteiger partial charge in [0.25, 0.3) is 0 Å². The first kappa shape index (κ1) is 10.5. The highest BCUT2D eigenvalue weighted by atomic mass is 79.9. The van der Waals surface area contributed by atoms with Crippen molar-refractivity contribution in [3.63, 3.8) is 0 Å². The van der Waals surface area contributed by atoms with Crippen LogP contribution in [0.4, 0.5) is 0 Å². The van der Waals surface area contributed by atoms with Gasteiger partial charge in [-0.05, 0) is 17.2 Å². The summed E-state index contributed by atoms with van der Waals surface area (Å²) in [5.74, 6) is 0. The molecular weight excluding hydrogens is 278 g/mol. The highest BCUT2D eigenvalue weighted by Gasteiger charge is 2.09. The molecule has 0 spiro atoms. The van der Waals surface area contributed by atoms with Crippen molar-refractivity contribution < 1.29 is 4.42 Å². The Morgan fingerprint density at radius 1 is 1.00 bits per heavy atom. The van der Waals surface area contributed by atoms with Gasteiger partial charge in [0.2, 0.25) is 0 Å². The normalized spacial score (nSPS) is 10.9. The van der Waals surface area contributed by atoms with Gasteiger partial charge >= 0.3 is 0 Å². The average molecular weight is 288 g/mol. The zero-order valence-electron chi connectivity index (χ0n) is 9.06. The zero-order valence-corrected chi connectivity index (χ0v) is 10.6. The van der Waals surface area contributed by atoms with Crippen LogP contribution in [0.1, 0.15) is 5.56 Å². The van der Waals surface area contributed by atoms with Gasteiger partial charge in [0.1, 0.15) is 5.52 Å². The van der Waals surface area contributed by atoms with Crippen molar-refractivity contribution in [2.24, 2.45) is 0 Å². The van der Waals surface area contributed by atoms with E-state index in [0.717, 1.165) is 22.0 Å². The number of para-hydroxylation sites is 1. The fourth-order valence-electron chi connectivity index (χ4n) is 2.00. The van der Waals surface area contributed by atoms with E-state index in [4.69, 9.17) is 4.42 Å². The van der Waals surface area contributed by atoms with Gasteiger partial charge in [-0.2, -0.15) is 0 Å². The molecule has 1 aromatic heterocycles. The molecule has 1 heterocycles. The number of hydrogen-bond donors (Lipinski definition) is 0. The molecule has 0 saturated heterocycles. The van der Waals surface area contributed by atoms with E-state index in [1.165, 1.54) is 17.5 Å². The van der Waals surface area contributed by atoms with Crippen LogP contribution in [0.5, 0.6) is 0 Å². The maximum Gasteiger partial charge on any atom is 0.182 e. The molecule has 0 radical (unpaired) electrons. The lowest BCUT2D eigenvalue weighted by Crippen LogP contribution is -1.86. The van der Waals surface area contributed by atoms with E-state index in [0.29, 0.717) is 0 Å². The summed E-state index contributed by atoms with van der Waals surface area (Å²) in [6, 6.07) is 14.3. The van der Waals surface area contributed by atoms with Crippen LogP contribution in [0.3, 0.4) is 0 Å². The minimum atomic E-state index is 0.826. The van der Waals surface area contributed by atoms with E-state index in [-0.39, 0.29) is 0 Å². The predicted octanol–water partition coefficient (Wildman–Crippen LogP) is 4.39. The lowest BCUT2D eigenvalue weighted by atomic mass is 10.00. The second-order valence-corrected chi connectivity index (χ2v) is 4.36. The number of aromatic nitrogens is 1. The van der Waals surface area contributed by atoms with Gasteiger partial charge in [0.05, 0.1) is 0 Å². The van der Waals surface area contributed by atoms with Crippen LogP contribution in [0.25, 0.3) is 22.2 Å². The fraction of sp³-hybridized carbons (Fsp3) is 0.0714. The summed E-state index contributed by atoms with van der Waals surface area (Å²) >= 11 is 3.52. The molecule has 17 heavy (non-hydrogen) atoms. The number of alkyl halides is 1. The molecule has 3 heteroatoms. The molecule has 0 bridgehead atoms. The minimum Gasteiger partial charge on any atom is -0.443 e. The van der Waals surface area contributed by atoms with Gasteiger partial charge in [-0.1, -0.05) is 52.3 Å². The molecule has 0 atom stereocenters. The Hall–Kier alpha value is -1.61. The number of benzene rings is 2. The first-order valence-electron chi connectivity index (χ1n) is 5.36. The van der Waals surface area contributed by atoms with Gasteiger partial charge in [0.15, 0.2) is 12.0 Å². The van der Waals surface area contributed by atoms with Crippen molar-refractivity contribution in [3.8, 4) is 11.1 Å². The molecule has 2 nitrogen and oxygen atoms in total. The molecule has 0 N–H and O–H groups in total. The Bertz CT molecular complexity index is 660. The van der Waals surface area contributed by atoms with E-state index in [1.807, 2.05) is 24.3 Å². The maximum absolute atomic E-state index is 5.33. The van der Waals surface area contributed by atoms with Crippen molar-refractivity contribution in [2.45, 2.75) is 5.33 Å². The second kappa shape index (κ2) is 4.34. The summed E-state index contributed by atoms with van der Waals surface area (Å²) in [5.41, 5.74) is 5.31. The van der Waals surface area contributed by atoms with Gasteiger partial charge in [0, 0.05) is 10.9 Å². The highest BCUT2D eigenvalue weighted by molar-refractivity contribution is 9.08. The van der Waals surface area contributed by atoms with Crippen LogP contribution < -0.4 is 0 Å². The molecule has 84 valence electrons. The molecule has 0 saturated carbocycles. The minimum absolute atomic E-state index is 0.826. The Morgan fingerprint density at radius 3 is 2.71 bits per heavy atom. The number of nitrogens with zero attached hydrogens (tertiary/aromatic N) is 1. The highest BCUT2D eigenvalue weighted by Crippen LogP contribution is 2.30. The van der Waals surface area contributed by atoms with Crippen molar-refractivity contribution in [1.82, 2.24) is 4.98 Å². The fourth-order valence-corrected chi connectivity index (χ4v) is 2.49. The predicted molar refractivity (Wildman–Crippen MR) is 72.1 cm³/mol. The second-order valence-electron chi connectivity index (χ2n) is 3.80. The van der Waals surface area contributed by atoms with E-state index in [9.17, 15) is 0 Å². The average Bonchev–Trinajstić information content (AvgIpc) is 2.86. The number of rotatable bonds is 2. The van der Waals surface area contributed by atoms with Gasteiger partial charge < -0.3 is 4.42 Å². The Labute approximate surface area is 107 Å². The first-order chi connectivity index (χ1) is 8.40.